The van der Waals surface area contributed by atoms with Crippen LogP contribution in [0.1, 0.15) is 0 Å². The van der Waals surface area contributed by atoms with E-state index >= 15 is 0 Å². The molecule has 0 fully saturated rings. The van der Waals surface area contributed by atoms with Crippen molar-refractivity contribution in [2.75, 3.05) is 5.73 Å². The maximum absolute atomic E-state index is 5.83. The first kappa shape index (κ1) is 9.52. The minimum Gasteiger partial charge on any atom is -0.399 e. The Kier molecular flexibility index (Phi) is 2.08. The molecule has 0 aliphatic carbocycles. The largest absolute Gasteiger partial charge is 0.399 e. The van der Waals surface area contributed by atoms with E-state index in [2.05, 4.69) is 20.4 Å². The van der Waals surface area contributed by atoms with E-state index < -0.39 is 0 Å². The van der Waals surface area contributed by atoms with Crippen LogP contribution in [0.5, 0.6) is 0 Å². The number of nitrogens with two attached hydrogens (primary N) is 1. The molecule has 3 aromatic rings. The summed E-state index contributed by atoms with van der Waals surface area (Å²) < 4.78 is 0. The molecule has 3 rings (SSSR count). The van der Waals surface area contributed by atoms with Crippen molar-refractivity contribution in [3.05, 3.63) is 43.0 Å². The van der Waals surface area contributed by atoms with Crippen LogP contribution in [-0.2, 0) is 0 Å². The van der Waals surface area contributed by atoms with Crippen LogP contribution in [0.4, 0.5) is 5.69 Å². The average Bonchev–Trinajstić information content (AvgIpc) is 3.02. The summed E-state index contributed by atoms with van der Waals surface area (Å²) >= 11 is 0. The quantitative estimate of drug-likeness (QED) is 0.641. The standard InChI is InChI=1S/C10H9N7/c11-8-5-9(16-12-1-2-13-16)7-10(6-8)17-14-3-4-15-17/h1-7H,11H2. The van der Waals surface area contributed by atoms with Gasteiger partial charge in [-0.25, -0.2) is 0 Å². The Hall–Kier alpha value is -2.70. The van der Waals surface area contributed by atoms with Crippen LogP contribution in [0, 0.1) is 0 Å². The molecule has 0 unspecified atom stereocenters. The first-order chi connectivity index (χ1) is 8.33. The Morgan fingerprint density at radius 3 is 1.53 bits per heavy atom. The van der Waals surface area contributed by atoms with E-state index in [0.717, 1.165) is 11.4 Å². The maximum atomic E-state index is 5.83. The molecule has 0 amide bonds. The molecule has 0 atom stereocenters. The van der Waals surface area contributed by atoms with Crippen molar-refractivity contribution in [2.45, 2.75) is 0 Å². The van der Waals surface area contributed by atoms with Crippen LogP contribution in [-0.4, -0.2) is 30.0 Å². The van der Waals surface area contributed by atoms with Gasteiger partial charge in [0.1, 0.15) is 0 Å². The normalized spacial score (nSPS) is 10.6. The Labute approximate surface area is 96.5 Å². The van der Waals surface area contributed by atoms with Crippen LogP contribution in [0.15, 0.2) is 43.0 Å². The number of hydrogen-bond donors (Lipinski definition) is 1. The van der Waals surface area contributed by atoms with E-state index in [0.29, 0.717) is 5.69 Å². The molecule has 7 nitrogen and oxygen atoms in total. The molecule has 0 spiro atoms. The number of nitrogens with zero attached hydrogens (tertiary/aromatic N) is 6. The summed E-state index contributed by atoms with van der Waals surface area (Å²) in [5, 5.41) is 16.2. The monoisotopic (exact) mass is 227 g/mol. The van der Waals surface area contributed by atoms with Crippen molar-refractivity contribution in [1.82, 2.24) is 30.0 Å². The van der Waals surface area contributed by atoms with Crippen LogP contribution >= 0.6 is 0 Å². The highest BCUT2D eigenvalue weighted by Crippen LogP contribution is 2.16. The van der Waals surface area contributed by atoms with Gasteiger partial charge in [-0.3, -0.25) is 0 Å². The molecule has 0 saturated heterocycles. The fraction of sp³-hybridized carbons (Fsp3) is 0. The Morgan fingerprint density at radius 1 is 0.706 bits per heavy atom. The van der Waals surface area contributed by atoms with Gasteiger partial charge >= 0.3 is 0 Å². The lowest BCUT2D eigenvalue weighted by molar-refractivity contribution is 0.733. The predicted molar refractivity (Wildman–Crippen MR) is 60.7 cm³/mol. The Morgan fingerprint density at radius 2 is 1.12 bits per heavy atom. The molecule has 0 bridgehead atoms. The van der Waals surface area contributed by atoms with Crippen molar-refractivity contribution in [3.8, 4) is 11.4 Å². The highest BCUT2D eigenvalue weighted by atomic mass is 15.5. The molecule has 17 heavy (non-hydrogen) atoms. The predicted octanol–water partition coefficient (Wildman–Crippen LogP) is 0.430. The zero-order valence-electron chi connectivity index (χ0n) is 8.80. The molecule has 0 radical (unpaired) electrons. The van der Waals surface area contributed by atoms with Crippen molar-refractivity contribution in [3.63, 3.8) is 0 Å². The highest BCUT2D eigenvalue weighted by molar-refractivity contribution is 5.55. The van der Waals surface area contributed by atoms with Gasteiger partial charge in [-0.2, -0.15) is 30.0 Å². The third kappa shape index (κ3) is 1.73. The van der Waals surface area contributed by atoms with E-state index in [9.17, 15) is 0 Å². The van der Waals surface area contributed by atoms with Crippen molar-refractivity contribution in [1.29, 1.82) is 0 Å². The summed E-state index contributed by atoms with van der Waals surface area (Å²) in [5.41, 5.74) is 7.97. The van der Waals surface area contributed by atoms with Gasteiger partial charge in [-0.15, -0.1) is 0 Å². The summed E-state index contributed by atoms with van der Waals surface area (Å²) in [6.45, 7) is 0. The second kappa shape index (κ2) is 3.71. The number of nitrogen functional groups attached to an aromatic ring is 1. The molecule has 1 aromatic carbocycles. The van der Waals surface area contributed by atoms with Gasteiger partial charge in [0.05, 0.1) is 36.2 Å². The molecule has 0 saturated carbocycles. The Balaban J connectivity index is 2.13. The van der Waals surface area contributed by atoms with Crippen LogP contribution < -0.4 is 5.73 Å². The summed E-state index contributed by atoms with van der Waals surface area (Å²) in [7, 11) is 0. The van der Waals surface area contributed by atoms with E-state index in [4.69, 9.17) is 5.73 Å². The first-order valence-electron chi connectivity index (χ1n) is 4.97. The summed E-state index contributed by atoms with van der Waals surface area (Å²) in [6.07, 6.45) is 6.42. The molecular formula is C10H9N7. The van der Waals surface area contributed by atoms with Crippen LogP contribution in [0.3, 0.4) is 0 Å². The van der Waals surface area contributed by atoms with Crippen molar-refractivity contribution < 1.29 is 0 Å². The van der Waals surface area contributed by atoms with Crippen LogP contribution in [0.2, 0.25) is 0 Å². The lowest BCUT2D eigenvalue weighted by Crippen LogP contribution is -2.04. The zero-order chi connectivity index (χ0) is 11.7. The minimum absolute atomic E-state index is 0.604. The number of rotatable bonds is 2. The third-order valence-electron chi connectivity index (χ3n) is 2.22. The van der Waals surface area contributed by atoms with Gasteiger partial charge in [-0.05, 0) is 18.2 Å². The fourth-order valence-corrected chi connectivity index (χ4v) is 1.55. The average molecular weight is 227 g/mol. The third-order valence-corrected chi connectivity index (χ3v) is 2.22. The van der Waals surface area contributed by atoms with Gasteiger partial charge in [-0.1, -0.05) is 0 Å². The molecule has 0 aliphatic heterocycles. The summed E-state index contributed by atoms with van der Waals surface area (Å²) in [5.74, 6) is 0. The molecule has 2 heterocycles. The van der Waals surface area contributed by atoms with Gasteiger partial charge < -0.3 is 5.73 Å². The molecular weight excluding hydrogens is 218 g/mol. The second-order valence-corrected chi connectivity index (χ2v) is 3.42. The lowest BCUT2D eigenvalue weighted by atomic mass is 10.2. The van der Waals surface area contributed by atoms with Crippen molar-refractivity contribution in [2.24, 2.45) is 0 Å². The number of benzene rings is 1. The summed E-state index contributed by atoms with van der Waals surface area (Å²) in [4.78, 5) is 2.98. The smallest absolute Gasteiger partial charge is 0.0899 e. The SMILES string of the molecule is Nc1cc(-n2nccn2)cc(-n2nccn2)c1. The Bertz CT molecular complexity index is 560. The van der Waals surface area contributed by atoms with Gasteiger partial charge in [0.2, 0.25) is 0 Å². The second-order valence-electron chi connectivity index (χ2n) is 3.42. The van der Waals surface area contributed by atoms with Crippen LogP contribution in [0.25, 0.3) is 11.4 Å². The molecule has 2 aromatic heterocycles. The van der Waals surface area contributed by atoms with Gasteiger partial charge in [0.15, 0.2) is 0 Å². The molecule has 7 heteroatoms. The zero-order valence-corrected chi connectivity index (χ0v) is 8.80. The first-order valence-corrected chi connectivity index (χ1v) is 4.97. The number of anilines is 1. The van der Waals surface area contributed by atoms with Gasteiger partial charge in [0.25, 0.3) is 0 Å². The lowest BCUT2D eigenvalue weighted by Gasteiger charge is -2.05. The molecule has 0 aliphatic rings. The van der Waals surface area contributed by atoms with E-state index in [1.165, 1.54) is 9.59 Å². The highest BCUT2D eigenvalue weighted by Gasteiger charge is 2.04. The summed E-state index contributed by atoms with van der Waals surface area (Å²) in [6, 6.07) is 5.43. The maximum Gasteiger partial charge on any atom is 0.0899 e. The van der Waals surface area contributed by atoms with Gasteiger partial charge in [0, 0.05) is 5.69 Å². The van der Waals surface area contributed by atoms with Crippen molar-refractivity contribution >= 4 is 5.69 Å². The number of hydrogen-bond acceptors (Lipinski definition) is 5. The fourth-order valence-electron chi connectivity index (χ4n) is 1.55. The van der Waals surface area contributed by atoms with E-state index in [1.807, 2.05) is 6.07 Å². The molecule has 84 valence electrons. The number of aromatic nitrogens is 6. The van der Waals surface area contributed by atoms with E-state index in [-0.39, 0.29) is 0 Å². The molecule has 2 N–H and O–H groups in total. The minimum atomic E-state index is 0.604. The van der Waals surface area contributed by atoms with E-state index in [1.54, 1.807) is 36.9 Å². The topological polar surface area (TPSA) is 87.4 Å².